The second kappa shape index (κ2) is 10.5. The Kier molecular flexibility index (Phi) is 8.50. The highest BCUT2D eigenvalue weighted by Crippen LogP contribution is 2.29. The Bertz CT molecular complexity index is 1170. The van der Waals surface area contributed by atoms with Crippen molar-refractivity contribution >= 4 is 50.8 Å². The highest BCUT2D eigenvalue weighted by Gasteiger charge is 2.47. The van der Waals surface area contributed by atoms with Gasteiger partial charge in [-0.1, -0.05) is 23.2 Å². The third kappa shape index (κ3) is 8.14. The smallest absolute Gasteiger partial charge is 0.332 e. The van der Waals surface area contributed by atoms with Gasteiger partial charge in [-0.2, -0.15) is 34.8 Å². The monoisotopic (exact) mass is 565 g/mol. The number of benzene rings is 1. The maximum Gasteiger partial charge on any atom is 0.518 e. The molecule has 1 heterocycles. The number of aromatic nitrogens is 1. The van der Waals surface area contributed by atoms with Gasteiger partial charge in [-0.25, -0.2) is 0 Å². The molecule has 192 valence electrons. The lowest BCUT2D eigenvalue weighted by atomic mass is 10.1. The molecule has 1 atom stereocenters. The molecule has 1 aromatic carbocycles. The lowest BCUT2D eigenvalue weighted by molar-refractivity contribution is -0.137. The van der Waals surface area contributed by atoms with Crippen molar-refractivity contribution < 1.29 is 39.6 Å². The minimum atomic E-state index is -6.07. The molecule has 17 heteroatoms. The standard InChI is InChI=1S/C18H15Cl2F6N5O3S/c1-16(19,20)14(29-13(32)10-4-6-11(7-5-10)17(21,22)23)30-15(28-12-3-2-8-27-9-12)31-35(33,34)18(24,25)26/h2-9,14H,1H3,(H,29,32)(H2,28,30,31). The molecular weight excluding hydrogens is 551 g/mol. The van der Waals surface area contributed by atoms with Gasteiger partial charge in [0.2, 0.25) is 5.96 Å². The number of pyridine rings is 1. The van der Waals surface area contributed by atoms with Gasteiger partial charge < -0.3 is 16.0 Å². The van der Waals surface area contributed by atoms with Crippen LogP contribution in [0.1, 0.15) is 22.8 Å². The molecule has 0 bridgehead atoms. The van der Waals surface area contributed by atoms with E-state index in [0.717, 1.165) is 25.3 Å². The third-order valence-electron chi connectivity index (χ3n) is 3.97. The minimum absolute atomic E-state index is 0.00483. The van der Waals surface area contributed by atoms with Crippen molar-refractivity contribution in [1.29, 1.82) is 0 Å². The van der Waals surface area contributed by atoms with Crippen LogP contribution in [0.25, 0.3) is 0 Å². The lowest BCUT2D eigenvalue weighted by Crippen LogP contribution is -2.57. The summed E-state index contributed by atoms with van der Waals surface area (Å²) in [7, 11) is -6.07. The fourth-order valence-electron chi connectivity index (χ4n) is 2.28. The quantitative estimate of drug-likeness (QED) is 0.159. The summed E-state index contributed by atoms with van der Waals surface area (Å²) in [6, 6.07) is 5.61. The number of sulfonamides is 1. The van der Waals surface area contributed by atoms with Crippen molar-refractivity contribution in [3.05, 3.63) is 59.9 Å². The Morgan fingerprint density at radius 3 is 2.09 bits per heavy atom. The Morgan fingerprint density at radius 2 is 1.63 bits per heavy atom. The van der Waals surface area contributed by atoms with Crippen molar-refractivity contribution in [2.75, 3.05) is 5.32 Å². The van der Waals surface area contributed by atoms with Gasteiger partial charge in [0, 0.05) is 11.8 Å². The summed E-state index contributed by atoms with van der Waals surface area (Å²) < 4.78 is 101. The zero-order valence-corrected chi connectivity index (χ0v) is 19.6. The van der Waals surface area contributed by atoms with Crippen LogP contribution in [0.5, 0.6) is 0 Å². The summed E-state index contributed by atoms with van der Waals surface area (Å²) in [6.07, 6.45) is -3.92. The van der Waals surface area contributed by atoms with Gasteiger partial charge in [0.05, 0.1) is 17.4 Å². The molecule has 0 saturated carbocycles. The molecule has 0 aliphatic carbocycles. The fourth-order valence-corrected chi connectivity index (χ4v) is 2.94. The van der Waals surface area contributed by atoms with Crippen molar-refractivity contribution in [1.82, 2.24) is 15.6 Å². The zero-order valence-electron chi connectivity index (χ0n) is 17.2. The van der Waals surface area contributed by atoms with Gasteiger partial charge in [-0.05, 0) is 43.3 Å². The van der Waals surface area contributed by atoms with Crippen LogP contribution in [0.4, 0.5) is 32.0 Å². The van der Waals surface area contributed by atoms with E-state index in [9.17, 15) is 39.6 Å². The molecule has 0 fully saturated rings. The van der Waals surface area contributed by atoms with E-state index in [2.05, 4.69) is 25.3 Å². The summed E-state index contributed by atoms with van der Waals surface area (Å²) in [4.78, 5) is 16.2. The van der Waals surface area contributed by atoms with E-state index in [4.69, 9.17) is 23.2 Å². The molecule has 0 aliphatic rings. The van der Waals surface area contributed by atoms with Gasteiger partial charge in [-0.15, -0.1) is 4.40 Å². The number of nitrogens with zero attached hydrogens (tertiary/aromatic N) is 2. The maximum atomic E-state index is 12.9. The number of halogens is 8. The van der Waals surface area contributed by atoms with Crippen LogP contribution in [-0.2, 0) is 16.2 Å². The summed E-state index contributed by atoms with van der Waals surface area (Å²) in [5.74, 6) is -2.08. The number of hydrogen-bond acceptors (Lipinski definition) is 4. The van der Waals surface area contributed by atoms with Gasteiger partial charge in [0.15, 0.2) is 4.33 Å². The highest BCUT2D eigenvalue weighted by molar-refractivity contribution is 7.91. The Balaban J connectivity index is 2.38. The van der Waals surface area contributed by atoms with Crippen LogP contribution in [0.3, 0.4) is 0 Å². The molecule has 1 unspecified atom stereocenters. The van der Waals surface area contributed by atoms with Gasteiger partial charge in [0.1, 0.15) is 6.17 Å². The molecule has 0 saturated heterocycles. The molecule has 8 nitrogen and oxygen atoms in total. The molecule has 2 aromatic rings. The summed E-state index contributed by atoms with van der Waals surface area (Å²) in [5.41, 5.74) is -7.09. The minimum Gasteiger partial charge on any atom is -0.332 e. The molecule has 1 amide bonds. The van der Waals surface area contributed by atoms with Crippen molar-refractivity contribution in [3.63, 3.8) is 0 Å². The number of carbonyl (C=O) groups excluding carboxylic acids is 1. The first kappa shape index (κ1) is 28.5. The Morgan fingerprint density at radius 1 is 1.03 bits per heavy atom. The number of amides is 1. The normalized spacial score (nSPS) is 14.3. The number of guanidine groups is 1. The third-order valence-corrected chi connectivity index (χ3v) is 5.41. The largest absolute Gasteiger partial charge is 0.518 e. The van der Waals surface area contributed by atoms with Crippen LogP contribution in [0.2, 0.25) is 0 Å². The number of alkyl halides is 8. The SMILES string of the molecule is CC(Cl)(Cl)C(NC(=O)c1ccc(C(F)(F)F)cc1)N/C(=N\S(=O)(=O)C(F)(F)F)Nc1cccnc1. The van der Waals surface area contributed by atoms with E-state index in [0.29, 0.717) is 12.1 Å². The molecule has 0 radical (unpaired) electrons. The predicted molar refractivity (Wildman–Crippen MR) is 116 cm³/mol. The first-order valence-electron chi connectivity index (χ1n) is 9.11. The van der Waals surface area contributed by atoms with E-state index in [1.165, 1.54) is 18.3 Å². The van der Waals surface area contributed by atoms with Crippen molar-refractivity contribution in [2.24, 2.45) is 4.40 Å². The Labute approximate surface area is 204 Å². The lowest BCUT2D eigenvalue weighted by Gasteiger charge is -2.29. The van der Waals surface area contributed by atoms with Crippen LogP contribution >= 0.6 is 23.2 Å². The predicted octanol–water partition coefficient (Wildman–Crippen LogP) is 4.26. The van der Waals surface area contributed by atoms with E-state index >= 15 is 0 Å². The molecule has 2 rings (SSSR count). The van der Waals surface area contributed by atoms with Crippen LogP contribution in [-0.4, -0.2) is 41.3 Å². The van der Waals surface area contributed by atoms with Crippen LogP contribution in [0, 0.1) is 0 Å². The first-order chi connectivity index (χ1) is 15.9. The van der Waals surface area contributed by atoms with Gasteiger partial charge in [0.25, 0.3) is 5.91 Å². The molecular formula is C18H15Cl2F6N5O3S. The molecule has 1 aromatic heterocycles. The number of nitrogens with one attached hydrogen (secondary N) is 3. The van der Waals surface area contributed by atoms with E-state index in [1.807, 2.05) is 0 Å². The van der Waals surface area contributed by atoms with Gasteiger partial charge >= 0.3 is 21.7 Å². The van der Waals surface area contributed by atoms with Crippen LogP contribution < -0.4 is 16.0 Å². The molecule has 3 N–H and O–H groups in total. The first-order valence-corrected chi connectivity index (χ1v) is 11.3. The number of rotatable bonds is 6. The summed E-state index contributed by atoms with van der Waals surface area (Å²) >= 11 is 12.0. The molecule has 35 heavy (non-hydrogen) atoms. The molecule has 0 spiro atoms. The second-order valence-corrected chi connectivity index (χ2v) is 10.2. The summed E-state index contributed by atoms with van der Waals surface area (Å²) in [5, 5.41) is 6.58. The average molecular weight is 566 g/mol. The second-order valence-electron chi connectivity index (χ2n) is 6.81. The Hall–Kier alpha value is -2.78. The highest BCUT2D eigenvalue weighted by atomic mass is 35.5. The number of hydrogen-bond donors (Lipinski definition) is 3. The number of carbonyl (C=O) groups is 1. The van der Waals surface area contributed by atoms with E-state index in [1.54, 1.807) is 0 Å². The summed E-state index contributed by atoms with van der Waals surface area (Å²) in [6.45, 7) is 1.10. The van der Waals surface area contributed by atoms with Crippen molar-refractivity contribution in [2.45, 2.75) is 29.1 Å². The van der Waals surface area contributed by atoms with Gasteiger partial charge in [-0.3, -0.25) is 9.78 Å². The number of anilines is 1. The molecule has 0 aliphatic heterocycles. The topological polar surface area (TPSA) is 113 Å². The average Bonchev–Trinajstić information content (AvgIpc) is 2.71. The fraction of sp³-hybridized carbons (Fsp3) is 0.278. The van der Waals surface area contributed by atoms with E-state index in [-0.39, 0.29) is 11.3 Å². The maximum absolute atomic E-state index is 12.9. The van der Waals surface area contributed by atoms with E-state index < -0.39 is 49.6 Å². The zero-order chi connectivity index (χ0) is 26.7. The van der Waals surface area contributed by atoms with Crippen LogP contribution in [0.15, 0.2) is 53.2 Å². The van der Waals surface area contributed by atoms with Crippen molar-refractivity contribution in [3.8, 4) is 0 Å².